The van der Waals surface area contributed by atoms with Gasteiger partial charge in [0, 0.05) is 24.8 Å². The van der Waals surface area contributed by atoms with Gasteiger partial charge in [-0.1, -0.05) is 0 Å². The molecule has 0 radical (unpaired) electrons. The Bertz CT molecular complexity index is 472. The van der Waals surface area contributed by atoms with Crippen LogP contribution in [-0.2, 0) is 19.1 Å². The molecule has 1 aliphatic carbocycles. The molecule has 4 heteroatoms. The van der Waals surface area contributed by atoms with E-state index in [2.05, 4.69) is 0 Å². The Kier molecular flexibility index (Phi) is 3.15. The van der Waals surface area contributed by atoms with Gasteiger partial charge in [-0.25, -0.2) is 0 Å². The maximum absolute atomic E-state index is 11.7. The standard InChI is InChI=1S/C14H18O4/c1-8-5-11(16)6-13-12(7-17-14(8,13)4)9(2)18-10(3)15/h5,13H,6-7H2,1-4H3/b12-9+/t13-,14-/m0/s1. The highest BCUT2D eigenvalue weighted by molar-refractivity contribution is 5.92. The van der Waals surface area contributed by atoms with Crippen LogP contribution in [0.2, 0.25) is 0 Å². The van der Waals surface area contributed by atoms with Crippen molar-refractivity contribution in [1.29, 1.82) is 0 Å². The maximum Gasteiger partial charge on any atom is 0.307 e. The molecular formula is C14H18O4. The fraction of sp³-hybridized carbons (Fsp3) is 0.571. The molecule has 1 aliphatic heterocycles. The molecule has 1 heterocycles. The molecule has 0 aromatic carbocycles. The third-order valence-corrected chi connectivity index (χ3v) is 3.93. The molecule has 0 bridgehead atoms. The van der Waals surface area contributed by atoms with Crippen molar-refractivity contribution in [3.05, 3.63) is 23.0 Å². The van der Waals surface area contributed by atoms with Crippen LogP contribution in [0.25, 0.3) is 0 Å². The van der Waals surface area contributed by atoms with E-state index >= 15 is 0 Å². The average molecular weight is 250 g/mol. The normalized spacial score (nSPS) is 33.9. The van der Waals surface area contributed by atoms with Crippen molar-refractivity contribution in [2.24, 2.45) is 5.92 Å². The molecule has 1 saturated heterocycles. The van der Waals surface area contributed by atoms with Gasteiger partial charge in [-0.3, -0.25) is 9.59 Å². The summed E-state index contributed by atoms with van der Waals surface area (Å²) < 4.78 is 11.0. The topological polar surface area (TPSA) is 52.6 Å². The Morgan fingerprint density at radius 2 is 2.17 bits per heavy atom. The van der Waals surface area contributed by atoms with E-state index in [-0.39, 0.29) is 17.7 Å². The molecule has 2 aliphatic rings. The lowest BCUT2D eigenvalue weighted by atomic mass is 9.74. The van der Waals surface area contributed by atoms with E-state index < -0.39 is 5.60 Å². The number of carbonyl (C=O) groups is 2. The van der Waals surface area contributed by atoms with E-state index in [1.807, 2.05) is 13.8 Å². The number of ether oxygens (including phenoxy) is 2. The predicted octanol–water partition coefficient (Wildman–Crippen LogP) is 2.15. The minimum atomic E-state index is -0.440. The van der Waals surface area contributed by atoms with E-state index in [0.717, 1.165) is 11.1 Å². The van der Waals surface area contributed by atoms with Crippen LogP contribution in [0.5, 0.6) is 0 Å². The summed E-state index contributed by atoms with van der Waals surface area (Å²) in [4.78, 5) is 22.7. The van der Waals surface area contributed by atoms with Gasteiger partial charge in [-0.15, -0.1) is 0 Å². The highest BCUT2D eigenvalue weighted by atomic mass is 16.5. The third kappa shape index (κ3) is 2.01. The monoisotopic (exact) mass is 250 g/mol. The number of ketones is 1. The van der Waals surface area contributed by atoms with Crippen molar-refractivity contribution in [1.82, 2.24) is 0 Å². The maximum atomic E-state index is 11.7. The number of carbonyl (C=O) groups excluding carboxylic acids is 2. The van der Waals surface area contributed by atoms with Crippen molar-refractivity contribution in [2.45, 2.75) is 39.7 Å². The molecule has 0 saturated carbocycles. The number of hydrogen-bond donors (Lipinski definition) is 0. The molecule has 18 heavy (non-hydrogen) atoms. The number of esters is 1. The van der Waals surface area contributed by atoms with Gasteiger partial charge in [0.15, 0.2) is 5.78 Å². The summed E-state index contributed by atoms with van der Waals surface area (Å²) in [5, 5.41) is 0. The van der Waals surface area contributed by atoms with Gasteiger partial charge in [0.2, 0.25) is 0 Å². The van der Waals surface area contributed by atoms with Crippen molar-refractivity contribution in [2.75, 3.05) is 6.61 Å². The van der Waals surface area contributed by atoms with Crippen molar-refractivity contribution >= 4 is 11.8 Å². The Morgan fingerprint density at radius 3 is 2.78 bits per heavy atom. The molecular weight excluding hydrogens is 232 g/mol. The summed E-state index contributed by atoms with van der Waals surface area (Å²) in [6, 6.07) is 0. The zero-order valence-electron chi connectivity index (χ0n) is 11.2. The number of fused-ring (bicyclic) bond motifs is 1. The Hall–Kier alpha value is -1.42. The number of hydrogen-bond acceptors (Lipinski definition) is 4. The van der Waals surface area contributed by atoms with Gasteiger partial charge in [0.25, 0.3) is 0 Å². The van der Waals surface area contributed by atoms with Crippen molar-refractivity contribution < 1.29 is 19.1 Å². The Labute approximate surface area is 107 Å². The third-order valence-electron chi connectivity index (χ3n) is 3.93. The van der Waals surface area contributed by atoms with Crippen LogP contribution in [0, 0.1) is 5.92 Å². The van der Waals surface area contributed by atoms with Crippen LogP contribution in [0.1, 0.15) is 34.1 Å². The molecule has 4 nitrogen and oxygen atoms in total. The minimum absolute atomic E-state index is 0.0191. The molecule has 1 fully saturated rings. The van der Waals surface area contributed by atoms with Gasteiger partial charge in [0.1, 0.15) is 5.76 Å². The van der Waals surface area contributed by atoms with Gasteiger partial charge in [-0.05, 0) is 32.4 Å². The summed E-state index contributed by atoms with van der Waals surface area (Å²) in [7, 11) is 0. The molecule has 0 aromatic rings. The summed E-state index contributed by atoms with van der Waals surface area (Å²) in [5.41, 5.74) is 1.42. The van der Waals surface area contributed by atoms with Gasteiger partial charge >= 0.3 is 5.97 Å². The average Bonchev–Trinajstić information content (AvgIpc) is 2.56. The van der Waals surface area contributed by atoms with E-state index in [0.29, 0.717) is 18.8 Å². The second-order valence-electron chi connectivity index (χ2n) is 5.12. The molecule has 0 spiro atoms. The van der Waals surface area contributed by atoms with E-state index in [4.69, 9.17) is 9.47 Å². The first kappa shape index (κ1) is 13.0. The lowest BCUT2D eigenvalue weighted by molar-refractivity contribution is -0.136. The fourth-order valence-corrected chi connectivity index (χ4v) is 2.74. The molecule has 0 aromatic heterocycles. The molecule has 0 unspecified atom stereocenters. The van der Waals surface area contributed by atoms with Crippen LogP contribution >= 0.6 is 0 Å². The predicted molar refractivity (Wildman–Crippen MR) is 65.7 cm³/mol. The molecule has 0 N–H and O–H groups in total. The van der Waals surface area contributed by atoms with E-state index in [1.165, 1.54) is 6.92 Å². The summed E-state index contributed by atoms with van der Waals surface area (Å²) in [5.74, 6) is 0.310. The quantitative estimate of drug-likeness (QED) is 0.528. The first-order chi connectivity index (χ1) is 8.34. The number of allylic oxidation sites excluding steroid dienone is 2. The summed E-state index contributed by atoms with van der Waals surface area (Å²) in [6.07, 6.45) is 2.07. The molecule has 2 atom stereocenters. The molecule has 98 valence electrons. The first-order valence-corrected chi connectivity index (χ1v) is 6.08. The lowest BCUT2D eigenvalue weighted by Crippen LogP contribution is -2.38. The van der Waals surface area contributed by atoms with Gasteiger partial charge in [0.05, 0.1) is 12.2 Å². The van der Waals surface area contributed by atoms with Gasteiger partial charge in [-0.2, -0.15) is 0 Å². The van der Waals surface area contributed by atoms with Crippen LogP contribution < -0.4 is 0 Å². The number of rotatable bonds is 1. The largest absolute Gasteiger partial charge is 0.432 e. The lowest BCUT2D eigenvalue weighted by Gasteiger charge is -2.34. The second kappa shape index (κ2) is 4.35. The van der Waals surface area contributed by atoms with Crippen LogP contribution in [-0.4, -0.2) is 24.0 Å². The molecule has 0 amide bonds. The van der Waals surface area contributed by atoms with Crippen molar-refractivity contribution in [3.63, 3.8) is 0 Å². The summed E-state index contributed by atoms with van der Waals surface area (Å²) in [6.45, 7) is 7.44. The zero-order valence-corrected chi connectivity index (χ0v) is 11.2. The Balaban J connectivity index is 2.38. The highest BCUT2D eigenvalue weighted by Crippen LogP contribution is 2.46. The summed E-state index contributed by atoms with van der Waals surface area (Å²) >= 11 is 0. The molecule has 2 rings (SSSR count). The van der Waals surface area contributed by atoms with Gasteiger partial charge < -0.3 is 9.47 Å². The fourth-order valence-electron chi connectivity index (χ4n) is 2.74. The Morgan fingerprint density at radius 1 is 1.50 bits per heavy atom. The first-order valence-electron chi connectivity index (χ1n) is 6.08. The van der Waals surface area contributed by atoms with Crippen LogP contribution in [0.15, 0.2) is 23.0 Å². The highest BCUT2D eigenvalue weighted by Gasteiger charge is 2.48. The zero-order chi connectivity index (χ0) is 13.5. The van der Waals surface area contributed by atoms with Crippen LogP contribution in [0.3, 0.4) is 0 Å². The van der Waals surface area contributed by atoms with E-state index in [1.54, 1.807) is 13.0 Å². The van der Waals surface area contributed by atoms with Crippen LogP contribution in [0.4, 0.5) is 0 Å². The van der Waals surface area contributed by atoms with E-state index in [9.17, 15) is 9.59 Å². The smallest absolute Gasteiger partial charge is 0.307 e. The second-order valence-corrected chi connectivity index (χ2v) is 5.12. The van der Waals surface area contributed by atoms with Crippen molar-refractivity contribution in [3.8, 4) is 0 Å². The SMILES string of the molecule is CC(=O)O/C(C)=C1\CO[C@@]2(C)C(C)=CC(=O)C[C@@H]12. The minimum Gasteiger partial charge on any atom is -0.432 e.